The zero-order valence-corrected chi connectivity index (χ0v) is 7.50. The highest BCUT2D eigenvalue weighted by atomic mass is 35.5. The van der Waals surface area contributed by atoms with Crippen LogP contribution >= 0.6 is 11.6 Å². The third-order valence-electron chi connectivity index (χ3n) is 1.46. The topological polar surface area (TPSA) is 13.1 Å². The Morgan fingerprint density at radius 3 is 2.18 bits per heavy atom. The average Bonchev–Trinajstić information content (AvgIpc) is 2.08. The van der Waals surface area contributed by atoms with Crippen LogP contribution in [-0.2, 0) is 5.41 Å². The summed E-state index contributed by atoms with van der Waals surface area (Å²) >= 11 is 5.62. The second kappa shape index (κ2) is 2.52. The van der Waals surface area contributed by atoms with Crippen LogP contribution in [-0.4, -0.2) is 0 Å². The first kappa shape index (κ1) is 8.60. The Kier molecular flexibility index (Phi) is 1.97. The molecule has 62 valence electrons. The molecule has 0 fully saturated rings. The maximum atomic E-state index is 12.5. The molecule has 1 aromatic heterocycles. The van der Waals surface area contributed by atoms with Crippen molar-refractivity contribution in [3.63, 3.8) is 0 Å². The number of halogens is 2. The van der Waals surface area contributed by atoms with E-state index in [0.717, 1.165) is 0 Å². The van der Waals surface area contributed by atoms with Crippen molar-refractivity contribution in [2.45, 2.75) is 26.2 Å². The van der Waals surface area contributed by atoms with Crippen LogP contribution in [0.4, 0.5) is 4.39 Å². The van der Waals surface area contributed by atoms with E-state index in [2.05, 4.69) is 4.42 Å². The molecule has 0 unspecified atom stereocenters. The van der Waals surface area contributed by atoms with Gasteiger partial charge >= 0.3 is 0 Å². The van der Waals surface area contributed by atoms with E-state index in [1.54, 1.807) is 0 Å². The molecule has 11 heavy (non-hydrogen) atoms. The Bertz CT molecular complexity index is 260. The lowest BCUT2D eigenvalue weighted by atomic mass is 9.89. The summed E-state index contributed by atoms with van der Waals surface area (Å²) in [5.74, 6) is 0. The van der Waals surface area contributed by atoms with Crippen molar-refractivity contribution in [3.05, 3.63) is 22.9 Å². The molecule has 0 aliphatic carbocycles. The van der Waals surface area contributed by atoms with Crippen molar-refractivity contribution in [2.75, 3.05) is 0 Å². The molecule has 0 aliphatic heterocycles. The van der Waals surface area contributed by atoms with Crippen molar-refractivity contribution >= 4 is 11.6 Å². The van der Waals surface area contributed by atoms with Gasteiger partial charge in [-0.3, -0.25) is 0 Å². The van der Waals surface area contributed by atoms with Crippen LogP contribution in [0.1, 0.15) is 26.3 Å². The summed E-state index contributed by atoms with van der Waals surface area (Å²) in [6.07, 6.45) is 0. The second-order valence-electron chi connectivity index (χ2n) is 3.49. The third kappa shape index (κ3) is 1.74. The molecule has 1 nitrogen and oxygen atoms in total. The zero-order valence-electron chi connectivity index (χ0n) is 6.74. The van der Waals surface area contributed by atoms with Gasteiger partial charge in [-0.1, -0.05) is 20.8 Å². The summed E-state index contributed by atoms with van der Waals surface area (Å²) in [5.41, 5.74) is 0.543. The number of hydrogen-bond acceptors (Lipinski definition) is 1. The van der Waals surface area contributed by atoms with E-state index in [4.69, 9.17) is 11.6 Å². The van der Waals surface area contributed by atoms with Crippen LogP contribution in [0.5, 0.6) is 0 Å². The van der Waals surface area contributed by atoms with Crippen molar-refractivity contribution in [1.29, 1.82) is 0 Å². The minimum atomic E-state index is -0.625. The molecule has 0 amide bonds. The van der Waals surface area contributed by atoms with Crippen molar-refractivity contribution in [3.8, 4) is 0 Å². The predicted molar refractivity (Wildman–Crippen MR) is 42.4 cm³/mol. The molecular weight excluding hydrogens is 167 g/mol. The first-order valence-corrected chi connectivity index (χ1v) is 3.74. The summed E-state index contributed by atoms with van der Waals surface area (Å²) in [6.45, 7) is 5.84. The largest absolute Gasteiger partial charge is 0.419 e. The Hall–Kier alpha value is -0.500. The lowest BCUT2D eigenvalue weighted by Gasteiger charge is -2.15. The zero-order chi connectivity index (χ0) is 8.65. The fourth-order valence-corrected chi connectivity index (χ4v) is 1.26. The summed E-state index contributed by atoms with van der Waals surface area (Å²) < 4.78 is 17.0. The van der Waals surface area contributed by atoms with Gasteiger partial charge in [-0.15, -0.1) is 0 Å². The highest BCUT2D eigenvalue weighted by Gasteiger charge is 2.21. The van der Waals surface area contributed by atoms with Gasteiger partial charge in [0.1, 0.15) is 0 Å². The summed E-state index contributed by atoms with van der Waals surface area (Å²) in [7, 11) is 0. The van der Waals surface area contributed by atoms with Gasteiger partial charge in [-0.2, -0.15) is 4.39 Å². The van der Waals surface area contributed by atoms with E-state index in [9.17, 15) is 4.39 Å². The van der Waals surface area contributed by atoms with E-state index in [-0.39, 0.29) is 10.6 Å². The number of furan rings is 1. The highest BCUT2D eigenvalue weighted by molar-refractivity contribution is 6.29. The lowest BCUT2D eigenvalue weighted by molar-refractivity contribution is 0.359. The molecule has 1 aromatic rings. The van der Waals surface area contributed by atoms with Crippen molar-refractivity contribution in [2.24, 2.45) is 0 Å². The number of hydrogen-bond donors (Lipinski definition) is 0. The molecule has 0 N–H and O–H groups in total. The van der Waals surface area contributed by atoms with Crippen LogP contribution in [0, 0.1) is 6.01 Å². The van der Waals surface area contributed by atoms with Gasteiger partial charge in [0.15, 0.2) is 0 Å². The SMILES string of the molecule is CC(C)(C)c1cc(F)oc1Cl. The maximum absolute atomic E-state index is 12.5. The Morgan fingerprint density at radius 1 is 1.45 bits per heavy atom. The Morgan fingerprint density at radius 2 is 2.00 bits per heavy atom. The van der Waals surface area contributed by atoms with Gasteiger partial charge in [0.25, 0.3) is 6.01 Å². The minimum absolute atomic E-state index is 0.148. The smallest absolute Gasteiger partial charge is 0.279 e. The van der Waals surface area contributed by atoms with E-state index in [1.807, 2.05) is 20.8 Å². The lowest BCUT2D eigenvalue weighted by Crippen LogP contribution is -2.09. The van der Waals surface area contributed by atoms with Gasteiger partial charge < -0.3 is 4.42 Å². The molecule has 3 heteroatoms. The summed E-state index contributed by atoms with van der Waals surface area (Å²) in [6, 6.07) is 0.697. The first-order valence-electron chi connectivity index (χ1n) is 3.36. The molecular formula is C8H10ClFO. The van der Waals surface area contributed by atoms with E-state index >= 15 is 0 Å². The molecule has 0 radical (unpaired) electrons. The Labute approximate surface area is 70.2 Å². The van der Waals surface area contributed by atoms with Gasteiger partial charge in [0.05, 0.1) is 0 Å². The summed E-state index contributed by atoms with van der Waals surface area (Å²) in [5, 5.41) is 0.148. The van der Waals surface area contributed by atoms with Crippen LogP contribution in [0.25, 0.3) is 0 Å². The molecule has 0 saturated heterocycles. The quantitative estimate of drug-likeness (QED) is 0.591. The van der Waals surface area contributed by atoms with E-state index in [0.29, 0.717) is 5.56 Å². The molecule has 0 atom stereocenters. The third-order valence-corrected chi connectivity index (χ3v) is 1.75. The number of rotatable bonds is 0. The molecule has 0 bridgehead atoms. The van der Waals surface area contributed by atoms with E-state index in [1.165, 1.54) is 6.07 Å². The average molecular weight is 177 g/mol. The van der Waals surface area contributed by atoms with Crippen LogP contribution in [0.3, 0.4) is 0 Å². The fraction of sp³-hybridized carbons (Fsp3) is 0.500. The van der Waals surface area contributed by atoms with Crippen LogP contribution in [0.2, 0.25) is 5.22 Å². The van der Waals surface area contributed by atoms with E-state index < -0.39 is 6.01 Å². The highest BCUT2D eigenvalue weighted by Crippen LogP contribution is 2.31. The Balaban J connectivity index is 3.13. The molecule has 1 rings (SSSR count). The standard InChI is InChI=1S/C8H10ClFO/c1-8(2,3)5-4-6(10)11-7(5)9/h4H,1-3H3. The monoisotopic (exact) mass is 176 g/mol. The summed E-state index contributed by atoms with van der Waals surface area (Å²) in [4.78, 5) is 0. The molecule has 1 heterocycles. The van der Waals surface area contributed by atoms with Crippen molar-refractivity contribution < 1.29 is 8.81 Å². The molecule has 0 aromatic carbocycles. The molecule has 0 spiro atoms. The van der Waals surface area contributed by atoms with Gasteiger partial charge in [-0.05, 0) is 17.0 Å². The minimum Gasteiger partial charge on any atom is -0.419 e. The molecule has 0 saturated carbocycles. The predicted octanol–water partition coefficient (Wildman–Crippen LogP) is 3.37. The van der Waals surface area contributed by atoms with Gasteiger partial charge in [-0.25, -0.2) is 0 Å². The second-order valence-corrected chi connectivity index (χ2v) is 3.83. The normalized spacial score (nSPS) is 12.1. The van der Waals surface area contributed by atoms with Gasteiger partial charge in [0.2, 0.25) is 5.22 Å². The van der Waals surface area contributed by atoms with Crippen LogP contribution < -0.4 is 0 Å². The van der Waals surface area contributed by atoms with Crippen molar-refractivity contribution in [1.82, 2.24) is 0 Å². The van der Waals surface area contributed by atoms with Gasteiger partial charge in [0, 0.05) is 11.6 Å². The maximum Gasteiger partial charge on any atom is 0.279 e. The molecule has 0 aliphatic rings. The fourth-order valence-electron chi connectivity index (χ4n) is 0.852. The first-order chi connectivity index (χ1) is 4.91. The van der Waals surface area contributed by atoms with Crippen LogP contribution in [0.15, 0.2) is 10.5 Å².